The zero-order valence-electron chi connectivity index (χ0n) is 18.8. The van der Waals surface area contributed by atoms with Gasteiger partial charge in [0.1, 0.15) is 5.82 Å². The number of rotatable bonds is 1. The summed E-state index contributed by atoms with van der Waals surface area (Å²) in [4.78, 5) is 0. The molecule has 3 aromatic rings. The maximum Gasteiger partial charge on any atom is 0.161 e. The van der Waals surface area contributed by atoms with Gasteiger partial charge in [-0.25, -0.2) is 18.7 Å². The molecule has 5 heteroatoms. The first-order chi connectivity index (χ1) is 14.5. The van der Waals surface area contributed by atoms with Gasteiger partial charge in [-0.1, -0.05) is 32.8 Å². The molecule has 1 atom stereocenters. The minimum atomic E-state index is -1.17. The van der Waals surface area contributed by atoms with E-state index in [1.54, 1.807) is 47.6 Å². The third-order valence-corrected chi connectivity index (χ3v) is 5.20. The van der Waals surface area contributed by atoms with Crippen molar-refractivity contribution in [3.63, 3.8) is 0 Å². The summed E-state index contributed by atoms with van der Waals surface area (Å²) in [6.07, 6.45) is 3.36. The predicted molar refractivity (Wildman–Crippen MR) is 122 cm³/mol. The molecule has 1 unspecified atom stereocenters. The molecular formula is C26H27F3SiZr. The maximum atomic E-state index is 13.7. The van der Waals surface area contributed by atoms with Gasteiger partial charge in [-0.2, -0.15) is 11.1 Å². The van der Waals surface area contributed by atoms with E-state index in [0.717, 1.165) is 16.8 Å². The molecular weight excluding hydrogens is 489 g/mol. The Hall–Kier alpha value is -1.58. The van der Waals surface area contributed by atoms with Crippen molar-refractivity contribution in [2.24, 2.45) is 5.92 Å². The van der Waals surface area contributed by atoms with Gasteiger partial charge in [-0.05, 0) is 11.6 Å². The molecule has 0 N–H and O–H groups in total. The van der Waals surface area contributed by atoms with Crippen LogP contribution in [0.2, 0.25) is 13.1 Å². The predicted octanol–water partition coefficient (Wildman–Crippen LogP) is 8.15. The topological polar surface area (TPSA) is 0 Å². The zero-order valence-corrected chi connectivity index (χ0v) is 22.3. The summed E-state index contributed by atoms with van der Waals surface area (Å²) in [6.45, 7) is 13.3. The number of benzene rings is 2. The van der Waals surface area contributed by atoms with Crippen LogP contribution in [-0.4, -0.2) is 5.43 Å². The fourth-order valence-electron chi connectivity index (χ4n) is 3.30. The summed E-state index contributed by atoms with van der Waals surface area (Å²) >= 11 is 1.74. The van der Waals surface area contributed by atoms with Crippen molar-refractivity contribution in [1.82, 2.24) is 0 Å². The second kappa shape index (κ2) is 11.3. The third-order valence-electron chi connectivity index (χ3n) is 5.20. The van der Waals surface area contributed by atoms with E-state index in [4.69, 9.17) is 0 Å². The molecule has 1 aliphatic carbocycles. The summed E-state index contributed by atoms with van der Waals surface area (Å²) in [7, 11) is 0. The smallest absolute Gasteiger partial charge is 0.161 e. The van der Waals surface area contributed by atoms with Gasteiger partial charge < -0.3 is 0 Å². The molecule has 160 valence electrons. The number of halogens is 3. The van der Waals surface area contributed by atoms with Gasteiger partial charge >= 0.3 is 41.9 Å². The van der Waals surface area contributed by atoms with E-state index in [2.05, 4.69) is 46.9 Å². The molecule has 0 fully saturated rings. The first kappa shape index (κ1) is 25.7. The minimum absolute atomic E-state index is 0.0475. The standard InChI is InChI=1S/C15H8F3.C9H13.C2H6Si.Zr/c16-10-7-13(15(18)14(17)8-10)12-6-5-9-3-1-2-4-11(9)12;1-6-5-7(2)9(4)8(6)3;1-3-2;/h1-8H;6H,1-4H3;1-2H3;/q2*-1;;+2. The van der Waals surface area contributed by atoms with Gasteiger partial charge in [0.15, 0.2) is 11.6 Å². The normalized spacial score (nSPS) is 15.2. The SMILES string of the molecule is CC1=[C-]C(C)C(C)=C1C.C[Si](C)=[Zr+2].Fc1cc(F)c(F)c(-c2c[cH-]c3ccccc23)c1. The largest absolute Gasteiger partial charge is 0.207 e. The Morgan fingerprint density at radius 2 is 1.61 bits per heavy atom. The molecule has 0 aromatic heterocycles. The van der Waals surface area contributed by atoms with Crippen LogP contribution in [0.15, 0.2) is 65.3 Å². The van der Waals surface area contributed by atoms with Crippen LogP contribution in [0.25, 0.3) is 21.9 Å². The average molecular weight is 516 g/mol. The van der Waals surface area contributed by atoms with Crippen LogP contribution >= 0.6 is 0 Å². The Morgan fingerprint density at radius 3 is 2.13 bits per heavy atom. The van der Waals surface area contributed by atoms with Gasteiger partial charge in [-0.3, -0.25) is 6.08 Å². The van der Waals surface area contributed by atoms with E-state index in [1.807, 2.05) is 12.1 Å². The van der Waals surface area contributed by atoms with Gasteiger partial charge in [0.25, 0.3) is 0 Å². The summed E-state index contributed by atoms with van der Waals surface area (Å²) in [6, 6.07) is 12.4. The summed E-state index contributed by atoms with van der Waals surface area (Å²) in [5.74, 6) is -2.41. The zero-order chi connectivity index (χ0) is 23.3. The van der Waals surface area contributed by atoms with E-state index in [1.165, 1.54) is 16.7 Å². The summed E-state index contributed by atoms with van der Waals surface area (Å²) < 4.78 is 40.1. The van der Waals surface area contributed by atoms with Crippen molar-refractivity contribution < 1.29 is 36.5 Å². The van der Waals surface area contributed by atoms with Crippen molar-refractivity contribution >= 4 is 16.2 Å². The Labute approximate surface area is 198 Å². The van der Waals surface area contributed by atoms with E-state index in [9.17, 15) is 13.2 Å². The Balaban J connectivity index is 0.000000220. The average Bonchev–Trinajstić information content (AvgIpc) is 3.22. The molecule has 3 aromatic carbocycles. The molecule has 31 heavy (non-hydrogen) atoms. The van der Waals surface area contributed by atoms with Crippen LogP contribution in [0.3, 0.4) is 0 Å². The monoisotopic (exact) mass is 514 g/mol. The Bertz CT molecular complexity index is 1150. The van der Waals surface area contributed by atoms with Crippen LogP contribution in [0.5, 0.6) is 0 Å². The molecule has 0 nitrogen and oxygen atoms in total. The molecule has 1 aliphatic rings. The van der Waals surface area contributed by atoms with E-state index >= 15 is 0 Å². The molecule has 0 spiro atoms. The number of hydrogen-bond acceptors (Lipinski definition) is 0. The van der Waals surface area contributed by atoms with Crippen molar-refractivity contribution in [3.8, 4) is 11.1 Å². The van der Waals surface area contributed by atoms with E-state index < -0.39 is 17.5 Å². The summed E-state index contributed by atoms with van der Waals surface area (Å²) in [5, 5.41) is 1.69. The number of allylic oxidation sites excluding steroid dienone is 4. The second-order valence-electron chi connectivity index (χ2n) is 7.88. The summed E-state index contributed by atoms with van der Waals surface area (Å²) in [5.41, 5.74) is 4.91. The van der Waals surface area contributed by atoms with Crippen LogP contribution in [0.4, 0.5) is 13.2 Å². The van der Waals surface area contributed by atoms with E-state index in [0.29, 0.717) is 17.5 Å². The molecule has 0 saturated carbocycles. The molecule has 4 rings (SSSR count). The minimum Gasteiger partial charge on any atom is -0.207 e. The quantitative estimate of drug-likeness (QED) is 0.174. The van der Waals surface area contributed by atoms with Crippen LogP contribution in [-0.2, 0) is 23.3 Å². The van der Waals surface area contributed by atoms with Crippen molar-refractivity contribution in [1.29, 1.82) is 0 Å². The van der Waals surface area contributed by atoms with Gasteiger partial charge in [0, 0.05) is 6.07 Å². The third kappa shape index (κ3) is 6.70. The maximum absolute atomic E-state index is 13.7. The van der Waals surface area contributed by atoms with Crippen LogP contribution in [0, 0.1) is 29.4 Å². The number of hydrogen-bond donors (Lipinski definition) is 0. The molecule has 0 amide bonds. The van der Waals surface area contributed by atoms with Gasteiger partial charge in [0.05, 0.1) is 0 Å². The van der Waals surface area contributed by atoms with Crippen LogP contribution < -0.4 is 0 Å². The van der Waals surface area contributed by atoms with Crippen molar-refractivity contribution in [2.45, 2.75) is 40.8 Å². The first-order valence-electron chi connectivity index (χ1n) is 10.1. The number of fused-ring (bicyclic) bond motifs is 1. The molecule has 0 bridgehead atoms. The first-order valence-corrected chi connectivity index (χ1v) is 16.3. The molecule has 0 saturated heterocycles. The van der Waals surface area contributed by atoms with Crippen molar-refractivity contribution in [3.05, 3.63) is 88.8 Å². The van der Waals surface area contributed by atoms with E-state index in [-0.39, 0.29) is 11.0 Å². The van der Waals surface area contributed by atoms with Crippen molar-refractivity contribution in [2.75, 3.05) is 0 Å². The Morgan fingerprint density at radius 1 is 1.00 bits per heavy atom. The Kier molecular flexibility index (Phi) is 9.39. The van der Waals surface area contributed by atoms with Crippen LogP contribution in [0.1, 0.15) is 27.7 Å². The molecule has 0 heterocycles. The fourth-order valence-corrected chi connectivity index (χ4v) is 3.30. The molecule has 0 radical (unpaired) electrons. The fraction of sp³-hybridized carbons (Fsp3) is 0.269. The molecule has 0 aliphatic heterocycles. The van der Waals surface area contributed by atoms with Gasteiger partial charge in [0.2, 0.25) is 0 Å². The van der Waals surface area contributed by atoms with Gasteiger partial charge in [-0.15, -0.1) is 53.6 Å². The second-order valence-corrected chi connectivity index (χ2v) is 17.3.